The number of aliphatic hydroxyl groups excluding tert-OH is 1. The van der Waals surface area contributed by atoms with Gasteiger partial charge in [0.2, 0.25) is 10.0 Å². The molecule has 0 aliphatic rings. The summed E-state index contributed by atoms with van der Waals surface area (Å²) in [6, 6.07) is 4.57. The molecule has 0 radical (unpaired) electrons. The number of nitrogens with two attached hydrogens (primary N) is 1. The third kappa shape index (κ3) is 6.60. The fraction of sp³-hybridized carbons (Fsp3) is 0.308. The molecule has 6 nitrogen and oxygen atoms in total. The highest BCUT2D eigenvalue weighted by Crippen LogP contribution is 2.17. The van der Waals surface area contributed by atoms with Crippen LogP contribution in [0.25, 0.3) is 0 Å². The maximum absolute atomic E-state index is 11.8. The molecular weight excluding hydrogens is 316 g/mol. The number of hydrogen-bond donors (Lipinski definition) is 3. The minimum atomic E-state index is -3.52. The average molecular weight is 331 g/mol. The van der Waals surface area contributed by atoms with Crippen LogP contribution >= 0.6 is 11.6 Å². The first-order chi connectivity index (χ1) is 9.83. The Kier molecular flexibility index (Phi) is 6.65. The molecule has 0 bridgehead atoms. The Labute approximate surface area is 128 Å². The van der Waals surface area contributed by atoms with Crippen molar-refractivity contribution in [1.82, 2.24) is 5.32 Å². The van der Waals surface area contributed by atoms with Crippen LogP contribution in [0.5, 0.6) is 0 Å². The van der Waals surface area contributed by atoms with Crippen LogP contribution < -0.4 is 10.5 Å². The van der Waals surface area contributed by atoms with Gasteiger partial charge in [-0.05, 0) is 24.6 Å². The third-order valence-electron chi connectivity index (χ3n) is 2.42. The quantitative estimate of drug-likeness (QED) is 0.525. The van der Waals surface area contributed by atoms with Gasteiger partial charge in [-0.1, -0.05) is 23.4 Å². The van der Waals surface area contributed by atoms with Gasteiger partial charge in [-0.3, -0.25) is 4.79 Å². The van der Waals surface area contributed by atoms with Gasteiger partial charge in [0.05, 0.1) is 10.8 Å². The molecule has 0 aliphatic heterocycles. The molecule has 0 spiro atoms. The van der Waals surface area contributed by atoms with Crippen molar-refractivity contribution in [1.29, 1.82) is 0 Å². The van der Waals surface area contributed by atoms with Crippen molar-refractivity contribution in [2.24, 2.45) is 5.14 Å². The molecule has 21 heavy (non-hydrogen) atoms. The Morgan fingerprint density at radius 3 is 2.71 bits per heavy atom. The maximum Gasteiger partial charge on any atom is 0.251 e. The molecule has 1 amide bonds. The third-order valence-corrected chi connectivity index (χ3v) is 3.59. The summed E-state index contributed by atoms with van der Waals surface area (Å²) in [5.41, 5.74) is 0.849. The monoisotopic (exact) mass is 330 g/mol. The molecule has 0 unspecified atom stereocenters. The topological polar surface area (TPSA) is 109 Å². The number of carbonyl (C=O) groups excluding carboxylic acids is 1. The Balaban J connectivity index is 2.61. The van der Waals surface area contributed by atoms with E-state index in [1.165, 1.54) is 6.07 Å². The molecule has 0 aliphatic carbocycles. The first kappa shape index (κ1) is 17.5. The zero-order valence-electron chi connectivity index (χ0n) is 11.1. The predicted molar refractivity (Wildman–Crippen MR) is 80.3 cm³/mol. The second-order valence-corrected chi connectivity index (χ2v) is 6.27. The predicted octanol–water partition coefficient (Wildman–Crippen LogP) is 0.0922. The van der Waals surface area contributed by atoms with Gasteiger partial charge in [-0.15, -0.1) is 0 Å². The summed E-state index contributed by atoms with van der Waals surface area (Å²) in [5, 5.41) is 16.3. The van der Waals surface area contributed by atoms with E-state index in [1.54, 1.807) is 12.1 Å². The van der Waals surface area contributed by atoms with Crippen molar-refractivity contribution in [2.45, 2.75) is 6.42 Å². The van der Waals surface area contributed by atoms with Crippen molar-refractivity contribution in [3.63, 3.8) is 0 Å². The van der Waals surface area contributed by atoms with Crippen LogP contribution in [0.15, 0.2) is 18.2 Å². The van der Waals surface area contributed by atoms with Crippen molar-refractivity contribution in [3.8, 4) is 11.8 Å². The summed E-state index contributed by atoms with van der Waals surface area (Å²) in [6.07, 6.45) is 0.234. The van der Waals surface area contributed by atoms with E-state index in [-0.39, 0.29) is 31.2 Å². The first-order valence-electron chi connectivity index (χ1n) is 6.01. The smallest absolute Gasteiger partial charge is 0.251 e. The van der Waals surface area contributed by atoms with E-state index >= 15 is 0 Å². The Morgan fingerprint density at radius 2 is 2.14 bits per heavy atom. The minimum Gasteiger partial charge on any atom is -0.384 e. The molecule has 1 aromatic carbocycles. The van der Waals surface area contributed by atoms with Gasteiger partial charge in [0.15, 0.2) is 0 Å². The highest BCUT2D eigenvalue weighted by Gasteiger charge is 2.08. The highest BCUT2D eigenvalue weighted by atomic mass is 35.5. The summed E-state index contributed by atoms with van der Waals surface area (Å²) in [4.78, 5) is 11.8. The Morgan fingerprint density at radius 1 is 1.43 bits per heavy atom. The van der Waals surface area contributed by atoms with Crippen molar-refractivity contribution < 1.29 is 18.3 Å². The van der Waals surface area contributed by atoms with Gasteiger partial charge < -0.3 is 10.4 Å². The van der Waals surface area contributed by atoms with Crippen LogP contribution in [0.4, 0.5) is 0 Å². The number of nitrogens with one attached hydrogen (secondary N) is 1. The summed E-state index contributed by atoms with van der Waals surface area (Å²) in [7, 11) is -3.52. The van der Waals surface area contributed by atoms with E-state index in [2.05, 4.69) is 17.2 Å². The van der Waals surface area contributed by atoms with E-state index in [1.807, 2.05) is 0 Å². The fourth-order valence-electron chi connectivity index (χ4n) is 1.47. The molecule has 1 rings (SSSR count). The lowest BCUT2D eigenvalue weighted by atomic mass is 10.1. The number of carbonyl (C=O) groups is 1. The average Bonchev–Trinajstić information content (AvgIpc) is 2.41. The Hall–Kier alpha value is -1.59. The Bertz CT molecular complexity index is 677. The summed E-state index contributed by atoms with van der Waals surface area (Å²) >= 11 is 5.97. The van der Waals surface area contributed by atoms with Gasteiger partial charge in [-0.25, -0.2) is 13.6 Å². The molecule has 0 saturated heterocycles. The van der Waals surface area contributed by atoms with Crippen LogP contribution in [0.2, 0.25) is 5.02 Å². The maximum atomic E-state index is 11.8. The lowest BCUT2D eigenvalue weighted by Gasteiger charge is -2.06. The van der Waals surface area contributed by atoms with E-state index in [0.29, 0.717) is 16.1 Å². The zero-order valence-corrected chi connectivity index (χ0v) is 12.7. The van der Waals surface area contributed by atoms with E-state index in [4.69, 9.17) is 21.8 Å². The van der Waals surface area contributed by atoms with Gasteiger partial charge in [0.1, 0.15) is 6.61 Å². The standard InChI is InChI=1S/C13H15ClN2O4S/c14-12-9-11(5-4-10(12)3-1-7-17)13(18)16-6-2-8-21(15,19)20/h4-5,9,17H,2,6-8H2,(H,16,18)(H2,15,19,20). The summed E-state index contributed by atoms with van der Waals surface area (Å²) in [6.45, 7) is -0.0818. The minimum absolute atomic E-state index is 0.191. The fourth-order valence-corrected chi connectivity index (χ4v) is 2.24. The van der Waals surface area contributed by atoms with Gasteiger partial charge in [0, 0.05) is 17.7 Å². The van der Waals surface area contributed by atoms with Gasteiger partial charge in [-0.2, -0.15) is 0 Å². The second kappa shape index (κ2) is 8.00. The number of sulfonamides is 1. The number of rotatable bonds is 5. The molecule has 0 fully saturated rings. The highest BCUT2D eigenvalue weighted by molar-refractivity contribution is 7.89. The van der Waals surface area contributed by atoms with E-state index in [0.717, 1.165) is 0 Å². The molecular formula is C13H15ClN2O4S. The number of hydrogen-bond acceptors (Lipinski definition) is 4. The number of benzene rings is 1. The number of amides is 1. The van der Waals surface area contributed by atoms with Crippen LogP contribution in [0, 0.1) is 11.8 Å². The lowest BCUT2D eigenvalue weighted by molar-refractivity contribution is 0.0953. The number of aliphatic hydroxyl groups is 1. The van der Waals surface area contributed by atoms with Crippen molar-refractivity contribution in [3.05, 3.63) is 34.3 Å². The van der Waals surface area contributed by atoms with E-state index < -0.39 is 10.0 Å². The molecule has 1 aromatic rings. The molecule has 0 atom stereocenters. The second-order valence-electron chi connectivity index (χ2n) is 4.13. The molecule has 0 aromatic heterocycles. The molecule has 0 saturated carbocycles. The molecule has 0 heterocycles. The summed E-state index contributed by atoms with van der Waals surface area (Å²) in [5.74, 6) is 4.56. The normalized spacial score (nSPS) is 10.6. The van der Waals surface area contributed by atoms with Crippen LogP contribution in [-0.4, -0.2) is 38.3 Å². The largest absolute Gasteiger partial charge is 0.384 e. The van der Waals surface area contributed by atoms with Crippen molar-refractivity contribution >= 4 is 27.5 Å². The summed E-state index contributed by atoms with van der Waals surface area (Å²) < 4.78 is 21.5. The lowest BCUT2D eigenvalue weighted by Crippen LogP contribution is -2.27. The molecule has 4 N–H and O–H groups in total. The number of primary sulfonamides is 1. The number of halogens is 1. The van der Waals surface area contributed by atoms with Gasteiger partial charge in [0.25, 0.3) is 5.91 Å². The molecule has 8 heteroatoms. The van der Waals surface area contributed by atoms with E-state index in [9.17, 15) is 13.2 Å². The SMILES string of the molecule is NS(=O)(=O)CCCNC(=O)c1ccc(C#CCO)c(Cl)c1. The molecule has 114 valence electrons. The van der Waals surface area contributed by atoms with Crippen LogP contribution in [-0.2, 0) is 10.0 Å². The first-order valence-corrected chi connectivity index (χ1v) is 8.11. The van der Waals surface area contributed by atoms with Crippen LogP contribution in [0.1, 0.15) is 22.3 Å². The van der Waals surface area contributed by atoms with Crippen molar-refractivity contribution in [2.75, 3.05) is 18.9 Å². The van der Waals surface area contributed by atoms with Gasteiger partial charge >= 0.3 is 0 Å². The zero-order chi connectivity index (χ0) is 15.9. The van der Waals surface area contributed by atoms with Crippen LogP contribution in [0.3, 0.4) is 0 Å².